The van der Waals surface area contributed by atoms with Crippen LogP contribution >= 0.6 is 0 Å². The van der Waals surface area contributed by atoms with E-state index in [4.69, 9.17) is 0 Å². The molecule has 34 heavy (non-hydrogen) atoms. The van der Waals surface area contributed by atoms with Crippen molar-refractivity contribution in [2.75, 3.05) is 13.6 Å². The first-order valence-corrected chi connectivity index (χ1v) is 10.8. The molecule has 178 valence electrons. The summed E-state index contributed by atoms with van der Waals surface area (Å²) in [5.41, 5.74) is 1.78. The van der Waals surface area contributed by atoms with Gasteiger partial charge < -0.3 is 24.3 Å². The highest BCUT2D eigenvalue weighted by molar-refractivity contribution is 5.95. The lowest BCUT2D eigenvalue weighted by molar-refractivity contribution is -0.286. The van der Waals surface area contributed by atoms with Crippen molar-refractivity contribution in [2.24, 2.45) is 7.05 Å². The van der Waals surface area contributed by atoms with E-state index in [1.807, 2.05) is 30.3 Å². The Morgan fingerprint density at radius 1 is 1.06 bits per heavy atom. The smallest absolute Gasteiger partial charge is 0.395 e. The van der Waals surface area contributed by atoms with Gasteiger partial charge in [-0.15, -0.1) is 8.78 Å². The lowest BCUT2D eigenvalue weighted by Gasteiger charge is -2.29. The van der Waals surface area contributed by atoms with Crippen LogP contribution < -0.4 is 14.8 Å². The Bertz CT molecular complexity index is 1180. The quantitative estimate of drug-likeness (QED) is 0.544. The summed E-state index contributed by atoms with van der Waals surface area (Å²) in [5.74, 6) is -0.847. The molecule has 3 aromatic rings. The van der Waals surface area contributed by atoms with Gasteiger partial charge in [-0.3, -0.25) is 9.59 Å². The maximum atomic E-state index is 13.4. The summed E-state index contributed by atoms with van der Waals surface area (Å²) in [6, 6.07) is 16.9. The van der Waals surface area contributed by atoms with Crippen LogP contribution in [0.25, 0.3) is 0 Å². The molecule has 1 aromatic heterocycles. The number of benzene rings is 2. The lowest BCUT2D eigenvalue weighted by atomic mass is 10.0. The highest BCUT2D eigenvalue weighted by atomic mass is 19.3. The van der Waals surface area contributed by atoms with Crippen LogP contribution in [-0.4, -0.2) is 47.2 Å². The molecule has 4 rings (SSSR count). The Labute approximate surface area is 195 Å². The second kappa shape index (κ2) is 9.54. The summed E-state index contributed by atoms with van der Waals surface area (Å²) < 4.78 is 37.3. The normalized spacial score (nSPS) is 14.5. The molecule has 2 aromatic carbocycles. The third-order valence-corrected chi connectivity index (χ3v) is 5.77. The predicted molar refractivity (Wildman–Crippen MR) is 121 cm³/mol. The molecule has 7 nitrogen and oxygen atoms in total. The van der Waals surface area contributed by atoms with E-state index in [0.717, 1.165) is 5.56 Å². The molecule has 0 spiro atoms. The van der Waals surface area contributed by atoms with Gasteiger partial charge in [-0.1, -0.05) is 30.3 Å². The third-order valence-electron chi connectivity index (χ3n) is 5.77. The number of carbonyl (C=O) groups excluding carboxylic acids is 2. The van der Waals surface area contributed by atoms with Crippen molar-refractivity contribution >= 4 is 11.8 Å². The molecule has 0 radical (unpaired) electrons. The number of amides is 2. The van der Waals surface area contributed by atoms with Gasteiger partial charge in [-0.05, 0) is 48.7 Å². The van der Waals surface area contributed by atoms with E-state index in [1.165, 1.54) is 18.2 Å². The number of nitrogens with zero attached hydrogens (tertiary/aromatic N) is 2. The van der Waals surface area contributed by atoms with Crippen molar-refractivity contribution in [3.05, 3.63) is 83.7 Å². The zero-order valence-corrected chi connectivity index (χ0v) is 18.8. The van der Waals surface area contributed by atoms with Crippen molar-refractivity contribution < 1.29 is 27.8 Å². The molecule has 2 amide bonds. The maximum Gasteiger partial charge on any atom is 0.586 e. The first-order valence-electron chi connectivity index (χ1n) is 10.8. The number of halogens is 2. The summed E-state index contributed by atoms with van der Waals surface area (Å²) in [6.07, 6.45) is -0.898. The van der Waals surface area contributed by atoms with Gasteiger partial charge in [0, 0.05) is 38.4 Å². The molecular weight excluding hydrogens is 444 g/mol. The van der Waals surface area contributed by atoms with E-state index in [-0.39, 0.29) is 34.9 Å². The first kappa shape index (κ1) is 23.3. The van der Waals surface area contributed by atoms with Crippen LogP contribution in [0.4, 0.5) is 8.78 Å². The van der Waals surface area contributed by atoms with Gasteiger partial charge in [0.2, 0.25) is 0 Å². The van der Waals surface area contributed by atoms with Gasteiger partial charge in [0.05, 0.1) is 0 Å². The minimum Gasteiger partial charge on any atom is -0.395 e. The SMILES string of the molecule is CN(C(=O)c1ccc2c(c1)OC(F)(F)O2)[C@H](CCNC(=O)c1cccn1C)Cc1ccccc1. The second-order valence-electron chi connectivity index (χ2n) is 8.14. The molecule has 0 saturated carbocycles. The molecule has 1 atom stereocenters. The fourth-order valence-electron chi connectivity index (χ4n) is 3.91. The molecule has 1 aliphatic rings. The Morgan fingerprint density at radius 3 is 2.50 bits per heavy atom. The molecule has 0 fully saturated rings. The zero-order chi connectivity index (χ0) is 24.3. The van der Waals surface area contributed by atoms with Crippen molar-refractivity contribution in [3.63, 3.8) is 0 Å². The molecule has 0 bridgehead atoms. The number of nitrogens with one attached hydrogen (secondary N) is 1. The van der Waals surface area contributed by atoms with Crippen LogP contribution in [0.2, 0.25) is 0 Å². The van der Waals surface area contributed by atoms with E-state index in [2.05, 4.69) is 14.8 Å². The van der Waals surface area contributed by atoms with Gasteiger partial charge in [-0.2, -0.15) is 0 Å². The number of ether oxygens (including phenoxy) is 2. The minimum atomic E-state index is -3.75. The van der Waals surface area contributed by atoms with Crippen molar-refractivity contribution in [3.8, 4) is 11.5 Å². The van der Waals surface area contributed by atoms with E-state index in [1.54, 1.807) is 41.9 Å². The first-order chi connectivity index (χ1) is 16.2. The fourth-order valence-corrected chi connectivity index (χ4v) is 3.91. The van der Waals surface area contributed by atoms with Gasteiger partial charge in [-0.25, -0.2) is 0 Å². The molecule has 0 saturated heterocycles. The maximum absolute atomic E-state index is 13.4. The number of hydrogen-bond acceptors (Lipinski definition) is 4. The van der Waals surface area contributed by atoms with E-state index < -0.39 is 6.29 Å². The molecule has 9 heteroatoms. The average molecular weight is 469 g/mol. The number of alkyl halides is 2. The summed E-state index contributed by atoms with van der Waals surface area (Å²) >= 11 is 0. The Balaban J connectivity index is 1.47. The highest BCUT2D eigenvalue weighted by Gasteiger charge is 2.43. The standard InChI is InChI=1S/C25H25F2N3O4/c1-29-14-6-9-20(29)23(31)28-13-12-19(15-17-7-4-3-5-8-17)30(2)24(32)18-10-11-21-22(16-18)34-25(26,27)33-21/h3-11,14,16,19H,12-13,15H2,1-2H3,(H,28,31)/t19-/m1/s1. The van der Waals surface area contributed by atoms with E-state index >= 15 is 0 Å². The number of rotatable bonds is 8. The topological polar surface area (TPSA) is 72.8 Å². The van der Waals surface area contributed by atoms with Crippen molar-refractivity contribution in [2.45, 2.75) is 25.2 Å². The number of fused-ring (bicyclic) bond motifs is 1. The minimum absolute atomic E-state index is 0.117. The Morgan fingerprint density at radius 2 is 1.79 bits per heavy atom. The van der Waals surface area contributed by atoms with Crippen LogP contribution in [0.15, 0.2) is 66.9 Å². The van der Waals surface area contributed by atoms with Crippen LogP contribution in [0.3, 0.4) is 0 Å². The van der Waals surface area contributed by atoms with Gasteiger partial charge in [0.15, 0.2) is 11.5 Å². The van der Waals surface area contributed by atoms with E-state index in [0.29, 0.717) is 25.1 Å². The van der Waals surface area contributed by atoms with Crippen molar-refractivity contribution in [1.82, 2.24) is 14.8 Å². The van der Waals surface area contributed by atoms with Crippen LogP contribution in [0.5, 0.6) is 11.5 Å². The third kappa shape index (κ3) is 5.19. The summed E-state index contributed by atoms with van der Waals surface area (Å²) in [4.78, 5) is 27.2. The van der Waals surface area contributed by atoms with Gasteiger partial charge in [0.25, 0.3) is 11.8 Å². The zero-order valence-electron chi connectivity index (χ0n) is 18.8. The number of hydrogen-bond donors (Lipinski definition) is 1. The molecule has 1 N–H and O–H groups in total. The molecule has 0 unspecified atom stereocenters. The average Bonchev–Trinajstić information content (AvgIpc) is 3.38. The monoisotopic (exact) mass is 469 g/mol. The predicted octanol–water partition coefficient (Wildman–Crippen LogP) is 3.85. The summed E-state index contributed by atoms with van der Waals surface area (Å²) in [5, 5.41) is 2.90. The van der Waals surface area contributed by atoms with Crippen LogP contribution in [0, 0.1) is 0 Å². The molecule has 2 heterocycles. The molecule has 0 aliphatic carbocycles. The molecule has 1 aliphatic heterocycles. The lowest BCUT2D eigenvalue weighted by Crippen LogP contribution is -2.41. The van der Waals surface area contributed by atoms with E-state index in [9.17, 15) is 18.4 Å². The second-order valence-corrected chi connectivity index (χ2v) is 8.14. The van der Waals surface area contributed by atoms with Gasteiger partial charge in [0.1, 0.15) is 5.69 Å². The van der Waals surface area contributed by atoms with Crippen molar-refractivity contribution in [1.29, 1.82) is 0 Å². The number of aryl methyl sites for hydroxylation is 1. The number of likely N-dealkylation sites (N-methyl/N-ethyl adjacent to an activating group) is 1. The van der Waals surface area contributed by atoms with Crippen LogP contribution in [-0.2, 0) is 13.5 Å². The van der Waals surface area contributed by atoms with Crippen LogP contribution in [0.1, 0.15) is 32.8 Å². The Kier molecular flexibility index (Phi) is 6.54. The van der Waals surface area contributed by atoms with Gasteiger partial charge >= 0.3 is 6.29 Å². The largest absolute Gasteiger partial charge is 0.586 e. The number of carbonyl (C=O) groups is 2. The number of aromatic nitrogens is 1. The Hall–Kier alpha value is -3.88. The summed E-state index contributed by atoms with van der Waals surface area (Å²) in [6.45, 7) is 0.354. The fraction of sp³-hybridized carbons (Fsp3) is 0.280. The molecular formula is C25H25F2N3O4. The summed E-state index contributed by atoms with van der Waals surface area (Å²) in [7, 11) is 3.45. The highest BCUT2D eigenvalue weighted by Crippen LogP contribution is 2.41.